The van der Waals surface area contributed by atoms with Crippen molar-refractivity contribution in [2.75, 3.05) is 13.7 Å². The highest BCUT2D eigenvalue weighted by atomic mass is 16.5. The van der Waals surface area contributed by atoms with E-state index in [-0.39, 0.29) is 18.1 Å². The van der Waals surface area contributed by atoms with Crippen LogP contribution >= 0.6 is 0 Å². The molecule has 3 aliphatic rings. The van der Waals surface area contributed by atoms with Gasteiger partial charge < -0.3 is 10.1 Å². The minimum absolute atomic E-state index is 0.0330. The normalized spacial score (nSPS) is 38.8. The maximum absolute atomic E-state index is 11.0. The molecule has 3 fully saturated rings. The van der Waals surface area contributed by atoms with Crippen molar-refractivity contribution in [1.82, 2.24) is 5.32 Å². The van der Waals surface area contributed by atoms with Crippen LogP contribution in [0, 0.1) is 5.92 Å². The molecule has 0 aliphatic heterocycles. The molecule has 62 valence electrons. The summed E-state index contributed by atoms with van der Waals surface area (Å²) in [5, 5.41) is 3.00. The van der Waals surface area contributed by atoms with Crippen LogP contribution < -0.4 is 5.32 Å². The molecule has 2 bridgehead atoms. The second kappa shape index (κ2) is 2.21. The Labute approximate surface area is 66.1 Å². The topological polar surface area (TPSA) is 38.3 Å². The zero-order valence-corrected chi connectivity index (χ0v) is 6.72. The molecule has 1 N–H and O–H groups in total. The third-order valence-corrected chi connectivity index (χ3v) is 2.72. The van der Waals surface area contributed by atoms with Gasteiger partial charge in [0.15, 0.2) is 0 Å². The molecule has 1 amide bonds. The molecular formula is C8H13NO2. The monoisotopic (exact) mass is 155 g/mol. The van der Waals surface area contributed by atoms with Crippen molar-refractivity contribution in [3.05, 3.63) is 0 Å². The van der Waals surface area contributed by atoms with E-state index in [9.17, 15) is 4.79 Å². The summed E-state index contributed by atoms with van der Waals surface area (Å²) in [7, 11) is 1.54. The van der Waals surface area contributed by atoms with Crippen molar-refractivity contribution in [2.45, 2.75) is 24.8 Å². The lowest BCUT2D eigenvalue weighted by atomic mass is 9.50. The van der Waals surface area contributed by atoms with Gasteiger partial charge in [-0.2, -0.15) is 0 Å². The van der Waals surface area contributed by atoms with E-state index in [2.05, 4.69) is 5.32 Å². The van der Waals surface area contributed by atoms with Gasteiger partial charge in [0.05, 0.1) is 0 Å². The summed E-state index contributed by atoms with van der Waals surface area (Å²) in [6.07, 6.45) is 3.59. The highest BCUT2D eigenvalue weighted by Crippen LogP contribution is 2.56. The number of rotatable bonds is 3. The van der Waals surface area contributed by atoms with E-state index >= 15 is 0 Å². The van der Waals surface area contributed by atoms with E-state index in [0.717, 1.165) is 5.92 Å². The number of hydrogen-bond donors (Lipinski definition) is 1. The molecule has 0 aromatic carbocycles. The Balaban J connectivity index is 1.76. The van der Waals surface area contributed by atoms with Gasteiger partial charge in [-0.1, -0.05) is 0 Å². The van der Waals surface area contributed by atoms with Crippen LogP contribution in [0.4, 0.5) is 0 Å². The lowest BCUT2D eigenvalue weighted by molar-refractivity contribution is -0.136. The van der Waals surface area contributed by atoms with Gasteiger partial charge in [0.2, 0.25) is 5.91 Å². The summed E-state index contributed by atoms with van der Waals surface area (Å²) in [6.45, 7) is 0.201. The Bertz CT molecular complexity index is 174. The first-order chi connectivity index (χ1) is 5.24. The summed E-state index contributed by atoms with van der Waals surface area (Å²) in [4.78, 5) is 11.0. The smallest absolute Gasteiger partial charge is 0.246 e. The molecule has 3 saturated carbocycles. The Morgan fingerprint density at radius 2 is 2.27 bits per heavy atom. The van der Waals surface area contributed by atoms with Crippen LogP contribution in [0.5, 0.6) is 0 Å². The first-order valence-electron chi connectivity index (χ1n) is 4.04. The Morgan fingerprint density at radius 3 is 2.64 bits per heavy atom. The van der Waals surface area contributed by atoms with E-state index in [0.29, 0.717) is 0 Å². The molecule has 0 spiro atoms. The van der Waals surface area contributed by atoms with Crippen molar-refractivity contribution in [2.24, 2.45) is 5.92 Å². The maximum Gasteiger partial charge on any atom is 0.246 e. The number of carbonyl (C=O) groups excluding carboxylic acids is 1. The fraction of sp³-hybridized carbons (Fsp3) is 0.875. The average Bonchev–Trinajstić information content (AvgIpc) is 1.77. The van der Waals surface area contributed by atoms with Gasteiger partial charge in [-0.15, -0.1) is 0 Å². The predicted molar refractivity (Wildman–Crippen MR) is 40.1 cm³/mol. The van der Waals surface area contributed by atoms with Crippen LogP contribution in [0.15, 0.2) is 0 Å². The molecule has 3 nitrogen and oxygen atoms in total. The molecule has 3 heteroatoms. The van der Waals surface area contributed by atoms with Crippen molar-refractivity contribution >= 4 is 5.91 Å². The van der Waals surface area contributed by atoms with E-state index < -0.39 is 0 Å². The molecular weight excluding hydrogens is 142 g/mol. The van der Waals surface area contributed by atoms with Gasteiger partial charge in [0.1, 0.15) is 6.61 Å². The predicted octanol–water partition coefficient (Wildman–Crippen LogP) is 0.301. The third kappa shape index (κ3) is 1.03. The summed E-state index contributed by atoms with van der Waals surface area (Å²) in [5.74, 6) is 0.948. The lowest BCUT2D eigenvalue weighted by Gasteiger charge is -2.61. The second-order valence-corrected chi connectivity index (χ2v) is 3.74. The van der Waals surface area contributed by atoms with Gasteiger partial charge in [-0.3, -0.25) is 4.79 Å². The molecule has 3 rings (SSSR count). The number of methoxy groups -OCH3 is 1. The van der Waals surface area contributed by atoms with Gasteiger partial charge in [-0.25, -0.2) is 0 Å². The number of carbonyl (C=O) groups is 1. The van der Waals surface area contributed by atoms with E-state index in [1.54, 1.807) is 7.11 Å². The van der Waals surface area contributed by atoms with Crippen LogP contribution in [0.25, 0.3) is 0 Å². The molecule has 0 radical (unpaired) electrons. The molecule has 0 aromatic rings. The van der Waals surface area contributed by atoms with Gasteiger partial charge in [0.25, 0.3) is 0 Å². The van der Waals surface area contributed by atoms with Crippen LogP contribution in [-0.2, 0) is 9.53 Å². The minimum atomic E-state index is 0.0330. The Hall–Kier alpha value is -0.570. The molecule has 11 heavy (non-hydrogen) atoms. The minimum Gasteiger partial charge on any atom is -0.375 e. The van der Waals surface area contributed by atoms with E-state index in [4.69, 9.17) is 4.74 Å². The molecule has 0 saturated heterocycles. The number of hydrogen-bond acceptors (Lipinski definition) is 2. The molecule has 0 unspecified atom stereocenters. The third-order valence-electron chi connectivity index (χ3n) is 2.72. The molecule has 0 heterocycles. The van der Waals surface area contributed by atoms with Crippen molar-refractivity contribution in [1.29, 1.82) is 0 Å². The molecule has 3 aliphatic carbocycles. The van der Waals surface area contributed by atoms with E-state index in [1.807, 2.05) is 0 Å². The highest BCUT2D eigenvalue weighted by Gasteiger charge is 2.57. The van der Waals surface area contributed by atoms with E-state index in [1.165, 1.54) is 19.3 Å². The fourth-order valence-corrected chi connectivity index (χ4v) is 2.09. The maximum atomic E-state index is 11.0. The first-order valence-corrected chi connectivity index (χ1v) is 4.04. The van der Waals surface area contributed by atoms with Crippen molar-refractivity contribution in [3.63, 3.8) is 0 Å². The second-order valence-electron chi connectivity index (χ2n) is 3.74. The zero-order chi connectivity index (χ0) is 7.90. The standard InChI is InChI=1S/C8H13NO2/c1-11-5-7(10)9-8-2-6(3-8)4-8/h6H,2-5H2,1H3,(H,9,10). The number of nitrogens with one attached hydrogen (secondary N) is 1. The quantitative estimate of drug-likeness (QED) is 0.636. The molecule has 0 atom stereocenters. The van der Waals surface area contributed by atoms with Crippen LogP contribution in [0.1, 0.15) is 19.3 Å². The van der Waals surface area contributed by atoms with Crippen LogP contribution in [0.3, 0.4) is 0 Å². The SMILES string of the molecule is COCC(=O)NC12CC(C1)C2. The van der Waals surface area contributed by atoms with Gasteiger partial charge in [-0.05, 0) is 25.2 Å². The van der Waals surface area contributed by atoms with Crippen molar-refractivity contribution in [3.8, 4) is 0 Å². The number of amides is 1. The molecule has 0 aromatic heterocycles. The Morgan fingerprint density at radius 1 is 1.64 bits per heavy atom. The first kappa shape index (κ1) is 7.10. The van der Waals surface area contributed by atoms with Crippen LogP contribution in [-0.4, -0.2) is 25.2 Å². The lowest BCUT2D eigenvalue weighted by Crippen LogP contribution is -2.68. The average molecular weight is 155 g/mol. The largest absolute Gasteiger partial charge is 0.375 e. The summed E-state index contributed by atoms with van der Waals surface area (Å²) >= 11 is 0. The zero-order valence-electron chi connectivity index (χ0n) is 6.72. The van der Waals surface area contributed by atoms with Gasteiger partial charge >= 0.3 is 0 Å². The number of ether oxygens (including phenoxy) is 1. The highest BCUT2D eigenvalue weighted by molar-refractivity contribution is 5.78. The van der Waals surface area contributed by atoms with Gasteiger partial charge in [0, 0.05) is 12.6 Å². The summed E-state index contributed by atoms with van der Waals surface area (Å²) in [6, 6.07) is 0. The van der Waals surface area contributed by atoms with Crippen LogP contribution in [0.2, 0.25) is 0 Å². The fourth-order valence-electron chi connectivity index (χ4n) is 2.09. The summed E-state index contributed by atoms with van der Waals surface area (Å²) < 4.78 is 4.72. The summed E-state index contributed by atoms with van der Waals surface area (Å²) in [5.41, 5.74) is 0.209. The Kier molecular flexibility index (Phi) is 1.42. The van der Waals surface area contributed by atoms with Crippen molar-refractivity contribution < 1.29 is 9.53 Å².